The molecule has 1 aliphatic rings. The van der Waals surface area contributed by atoms with Gasteiger partial charge in [0.25, 0.3) is 0 Å². The van der Waals surface area contributed by atoms with Crippen LogP contribution in [0.5, 0.6) is 0 Å². The summed E-state index contributed by atoms with van der Waals surface area (Å²) in [6.45, 7) is 2.30. The Bertz CT molecular complexity index is 376. The van der Waals surface area contributed by atoms with Gasteiger partial charge in [-0.2, -0.15) is 0 Å². The van der Waals surface area contributed by atoms with Crippen molar-refractivity contribution in [2.24, 2.45) is 0 Å². The van der Waals surface area contributed by atoms with Crippen molar-refractivity contribution in [2.45, 2.75) is 6.42 Å². The van der Waals surface area contributed by atoms with Crippen LogP contribution in [0.4, 0.5) is 0 Å². The molecule has 0 amide bonds. The predicted molar refractivity (Wildman–Crippen MR) is 61.5 cm³/mol. The van der Waals surface area contributed by atoms with Gasteiger partial charge in [-0.25, -0.2) is 0 Å². The summed E-state index contributed by atoms with van der Waals surface area (Å²) in [5.74, 6) is 0. The minimum absolute atomic E-state index is 0.245. The van der Waals surface area contributed by atoms with Crippen LogP contribution in [0.3, 0.4) is 0 Å². The molecule has 1 aliphatic heterocycles. The van der Waals surface area contributed by atoms with Gasteiger partial charge in [0, 0.05) is 0 Å². The summed E-state index contributed by atoms with van der Waals surface area (Å²) in [6, 6.07) is 8.13. The van der Waals surface area contributed by atoms with Gasteiger partial charge in [-0.1, -0.05) is 0 Å². The van der Waals surface area contributed by atoms with Crippen LogP contribution in [0.1, 0.15) is 12.0 Å². The number of halogens is 2. The number of hydrogen-bond donors (Lipinski definition) is 0. The van der Waals surface area contributed by atoms with Crippen molar-refractivity contribution < 1.29 is 21.5 Å². The van der Waals surface area contributed by atoms with Gasteiger partial charge in [-0.3, -0.25) is 0 Å². The zero-order valence-electron chi connectivity index (χ0n) is 8.71. The van der Waals surface area contributed by atoms with E-state index in [1.165, 1.54) is 17.7 Å². The van der Waals surface area contributed by atoms with Crippen molar-refractivity contribution >= 4 is 17.2 Å². The number of alkyl halides is 1. The number of benzene rings is 1. The molecule has 15 heavy (non-hydrogen) atoms. The molecule has 0 N–H and O–H groups in total. The maximum absolute atomic E-state index is 6.18. The average Bonchev–Trinajstić information content (AvgIpc) is 2.30. The monoisotopic (exact) mass is 334 g/mol. The number of rotatable bonds is 2. The van der Waals surface area contributed by atoms with Crippen LogP contribution in [0.2, 0.25) is 5.02 Å². The van der Waals surface area contributed by atoms with Crippen molar-refractivity contribution in [3.8, 4) is 0 Å². The van der Waals surface area contributed by atoms with Gasteiger partial charge in [0.05, 0.1) is 0 Å². The van der Waals surface area contributed by atoms with Gasteiger partial charge >= 0.3 is 107 Å². The maximum atomic E-state index is 6.18. The van der Waals surface area contributed by atoms with Crippen LogP contribution in [-0.4, -0.2) is 21.1 Å². The molecule has 0 saturated carbocycles. The Kier molecular flexibility index (Phi) is 4.05. The Hall–Kier alpha value is -0.0600. The normalized spacial score (nSPS) is 17.9. The molecule has 0 saturated heterocycles. The van der Waals surface area contributed by atoms with Gasteiger partial charge in [0.15, 0.2) is 0 Å². The van der Waals surface area contributed by atoms with E-state index in [-0.39, 0.29) is 21.5 Å². The van der Waals surface area contributed by atoms with Crippen molar-refractivity contribution in [1.82, 2.24) is 3.11 Å². The number of hydrogen-bond acceptors (Lipinski definition) is 1. The molecule has 0 fully saturated rings. The van der Waals surface area contributed by atoms with Crippen molar-refractivity contribution in [2.75, 3.05) is 18.0 Å². The van der Waals surface area contributed by atoms with Crippen LogP contribution >= 0.6 is 11.6 Å². The molecule has 3 heteroatoms. The van der Waals surface area contributed by atoms with E-state index in [2.05, 4.69) is 26.3 Å². The number of nitrogens with zero attached hydrogens (tertiary/aromatic N) is 1. The van der Waals surface area contributed by atoms with E-state index in [9.17, 15) is 0 Å². The molecule has 0 atom stereocenters. The second kappa shape index (κ2) is 5.32. The zero-order valence-corrected chi connectivity index (χ0v) is 11.6. The molecule has 0 radical (unpaired) electrons. The summed E-state index contributed by atoms with van der Waals surface area (Å²) in [7, 11) is 0. The molecular formula is C12H14ClIN-. The zero-order chi connectivity index (χ0) is 10.7. The van der Waals surface area contributed by atoms with E-state index >= 15 is 0 Å². The quantitative estimate of drug-likeness (QED) is 0.420. The van der Waals surface area contributed by atoms with Crippen molar-refractivity contribution in [1.29, 1.82) is 0 Å². The Morgan fingerprint density at radius 2 is 2.13 bits per heavy atom. The van der Waals surface area contributed by atoms with Crippen LogP contribution in [0.15, 0.2) is 30.3 Å². The molecule has 1 aromatic carbocycles. The summed E-state index contributed by atoms with van der Waals surface area (Å²) in [4.78, 5) is 2.31. The summed E-state index contributed by atoms with van der Waals surface area (Å²) in [6.07, 6.45) is 3.46. The molecule has 1 nitrogen and oxygen atoms in total. The molecule has 0 aliphatic carbocycles. The first-order valence-electron chi connectivity index (χ1n) is 5.00. The van der Waals surface area contributed by atoms with Crippen LogP contribution < -0.4 is 21.5 Å². The van der Waals surface area contributed by atoms with E-state index in [4.69, 9.17) is 11.6 Å². The summed E-state index contributed by atoms with van der Waals surface area (Å²) in [5.41, 5.74) is 2.63. The fourth-order valence-electron chi connectivity index (χ4n) is 1.76. The molecule has 2 rings (SSSR count). The summed E-state index contributed by atoms with van der Waals surface area (Å²) < 4.78 is 2.54. The molecule has 82 valence electrons. The first-order valence-corrected chi connectivity index (χ1v) is 8.50. The topological polar surface area (TPSA) is 3.24 Å². The molecule has 0 unspecified atom stereocenters. The minimum atomic E-state index is 0.245. The second-order valence-corrected chi connectivity index (χ2v) is 6.23. The molecule has 1 heterocycles. The Morgan fingerprint density at radius 1 is 1.33 bits per heavy atom. The third-order valence-corrected chi connectivity index (χ3v) is 5.19. The second-order valence-electron chi connectivity index (χ2n) is 3.50. The first-order chi connectivity index (χ1) is 7.31. The van der Waals surface area contributed by atoms with Crippen LogP contribution in [0.25, 0.3) is 5.57 Å². The van der Waals surface area contributed by atoms with Crippen molar-refractivity contribution in [3.63, 3.8) is 0 Å². The van der Waals surface area contributed by atoms with E-state index in [0.29, 0.717) is 0 Å². The first kappa shape index (κ1) is 11.4. The van der Waals surface area contributed by atoms with E-state index < -0.39 is 0 Å². The van der Waals surface area contributed by atoms with Crippen LogP contribution in [0, 0.1) is 0 Å². The van der Waals surface area contributed by atoms with Gasteiger partial charge < -0.3 is 0 Å². The predicted octanol–water partition coefficient (Wildman–Crippen LogP) is 0.0629. The van der Waals surface area contributed by atoms with Gasteiger partial charge in [-0.05, 0) is 0 Å². The standard InChI is InChI=1S/C12H14ClIN/c1-14-15-8-6-10(7-9-15)11-4-2-3-5-12(11)13/h2-6H,7-9H2,1H3/q-1. The van der Waals surface area contributed by atoms with E-state index in [1.807, 2.05) is 12.1 Å². The van der Waals surface area contributed by atoms with E-state index in [1.54, 1.807) is 0 Å². The van der Waals surface area contributed by atoms with Crippen LogP contribution in [-0.2, 0) is 0 Å². The fourth-order valence-corrected chi connectivity index (χ4v) is 3.34. The van der Waals surface area contributed by atoms with E-state index in [0.717, 1.165) is 18.0 Å². The third-order valence-electron chi connectivity index (χ3n) is 2.62. The van der Waals surface area contributed by atoms with Gasteiger partial charge in [0.1, 0.15) is 0 Å². The summed E-state index contributed by atoms with van der Waals surface area (Å²) in [5, 5.41) is 0.878. The summed E-state index contributed by atoms with van der Waals surface area (Å²) >= 11 is 6.42. The molecule has 0 aromatic heterocycles. The van der Waals surface area contributed by atoms with Crippen molar-refractivity contribution in [3.05, 3.63) is 40.9 Å². The third kappa shape index (κ3) is 2.74. The Labute approximate surface area is 107 Å². The molecular weight excluding hydrogens is 320 g/mol. The molecule has 0 spiro atoms. The van der Waals surface area contributed by atoms with Gasteiger partial charge in [-0.15, -0.1) is 0 Å². The average molecular weight is 335 g/mol. The molecule has 0 bridgehead atoms. The fraction of sp³-hybridized carbons (Fsp3) is 0.333. The Balaban J connectivity index is 2.19. The molecule has 1 aromatic rings. The SMILES string of the molecule is C[I-]N1CC=C(c2ccccc2Cl)CC1. The Morgan fingerprint density at radius 3 is 2.73 bits per heavy atom. The van der Waals surface area contributed by atoms with Gasteiger partial charge in [0.2, 0.25) is 0 Å².